The number of halogens is 2. The molecule has 1 aromatic carbocycles. The second-order valence-electron chi connectivity index (χ2n) is 4.58. The van der Waals surface area contributed by atoms with Crippen LogP contribution >= 0.6 is 23.2 Å². The normalized spacial score (nSPS) is 12.1. The van der Waals surface area contributed by atoms with Crippen LogP contribution in [0.4, 0.5) is 0 Å². The van der Waals surface area contributed by atoms with E-state index in [9.17, 15) is 9.90 Å². The maximum Gasteiger partial charge on any atom is 0.220 e. The average Bonchev–Trinajstić information content (AvgIpc) is 3.00. The van der Waals surface area contributed by atoms with Crippen molar-refractivity contribution in [2.45, 2.75) is 18.9 Å². The van der Waals surface area contributed by atoms with Crippen molar-refractivity contribution in [3.05, 3.63) is 58.0 Å². The number of rotatable bonds is 6. The van der Waals surface area contributed by atoms with Gasteiger partial charge in [-0.15, -0.1) is 0 Å². The summed E-state index contributed by atoms with van der Waals surface area (Å²) in [5.41, 5.74) is 0.936. The van der Waals surface area contributed by atoms with Gasteiger partial charge in [-0.25, -0.2) is 0 Å². The van der Waals surface area contributed by atoms with Crippen molar-refractivity contribution in [3.8, 4) is 0 Å². The van der Waals surface area contributed by atoms with E-state index in [-0.39, 0.29) is 12.5 Å². The van der Waals surface area contributed by atoms with E-state index >= 15 is 0 Å². The van der Waals surface area contributed by atoms with Crippen LogP contribution < -0.4 is 5.32 Å². The van der Waals surface area contributed by atoms with Crippen molar-refractivity contribution in [2.75, 3.05) is 6.54 Å². The molecular formula is C15H15Cl2NO3. The SMILES string of the molecule is O=C(CCc1ccc(Cl)c(Cl)c1)NCC(O)c1ccco1. The summed E-state index contributed by atoms with van der Waals surface area (Å²) in [4.78, 5) is 11.7. The highest BCUT2D eigenvalue weighted by molar-refractivity contribution is 6.42. The van der Waals surface area contributed by atoms with Crippen molar-refractivity contribution in [3.63, 3.8) is 0 Å². The first-order valence-corrected chi connectivity index (χ1v) is 7.24. The van der Waals surface area contributed by atoms with Crippen LogP contribution in [-0.4, -0.2) is 17.6 Å². The molecule has 0 saturated heterocycles. The van der Waals surface area contributed by atoms with Crippen molar-refractivity contribution in [2.24, 2.45) is 0 Å². The Labute approximate surface area is 132 Å². The zero-order valence-electron chi connectivity index (χ0n) is 11.2. The minimum absolute atomic E-state index is 0.119. The molecule has 1 aromatic heterocycles. The Morgan fingerprint density at radius 3 is 2.76 bits per heavy atom. The van der Waals surface area contributed by atoms with E-state index in [4.69, 9.17) is 27.6 Å². The highest BCUT2D eigenvalue weighted by Crippen LogP contribution is 2.23. The Bertz CT molecular complexity index is 599. The van der Waals surface area contributed by atoms with Crippen LogP contribution in [-0.2, 0) is 11.2 Å². The third-order valence-corrected chi connectivity index (χ3v) is 3.73. The molecule has 2 rings (SSSR count). The minimum atomic E-state index is -0.839. The topological polar surface area (TPSA) is 62.5 Å². The number of aliphatic hydroxyl groups is 1. The van der Waals surface area contributed by atoms with Crippen molar-refractivity contribution in [1.82, 2.24) is 5.32 Å². The van der Waals surface area contributed by atoms with E-state index in [0.29, 0.717) is 28.6 Å². The van der Waals surface area contributed by atoms with Gasteiger partial charge in [-0.05, 0) is 36.2 Å². The molecule has 1 amide bonds. The Hall–Kier alpha value is -1.49. The third kappa shape index (κ3) is 4.77. The lowest BCUT2D eigenvalue weighted by Crippen LogP contribution is -2.28. The van der Waals surface area contributed by atoms with Crippen molar-refractivity contribution in [1.29, 1.82) is 0 Å². The lowest BCUT2D eigenvalue weighted by molar-refractivity contribution is -0.121. The van der Waals surface area contributed by atoms with Crippen LogP contribution in [0.25, 0.3) is 0 Å². The van der Waals surface area contributed by atoms with Crippen LogP contribution in [0.5, 0.6) is 0 Å². The first-order valence-electron chi connectivity index (χ1n) is 6.48. The largest absolute Gasteiger partial charge is 0.467 e. The van der Waals surface area contributed by atoms with E-state index in [2.05, 4.69) is 5.32 Å². The van der Waals surface area contributed by atoms with Crippen LogP contribution in [0.15, 0.2) is 41.0 Å². The van der Waals surface area contributed by atoms with E-state index < -0.39 is 6.10 Å². The monoisotopic (exact) mass is 327 g/mol. The lowest BCUT2D eigenvalue weighted by Gasteiger charge is -2.09. The first-order chi connectivity index (χ1) is 10.1. The molecule has 0 aliphatic rings. The van der Waals surface area contributed by atoms with Crippen molar-refractivity contribution < 1.29 is 14.3 Å². The van der Waals surface area contributed by atoms with Gasteiger partial charge in [0.1, 0.15) is 11.9 Å². The smallest absolute Gasteiger partial charge is 0.220 e. The average molecular weight is 328 g/mol. The summed E-state index contributed by atoms with van der Waals surface area (Å²) < 4.78 is 5.05. The molecule has 2 N–H and O–H groups in total. The number of hydrogen-bond donors (Lipinski definition) is 2. The Kier molecular flexibility index (Phi) is 5.67. The molecule has 0 bridgehead atoms. The second kappa shape index (κ2) is 7.50. The van der Waals surface area contributed by atoms with E-state index in [1.165, 1.54) is 6.26 Å². The fourth-order valence-corrected chi connectivity index (χ4v) is 2.15. The fraction of sp³-hybridized carbons (Fsp3) is 0.267. The summed E-state index contributed by atoms with van der Waals surface area (Å²) >= 11 is 11.7. The zero-order valence-corrected chi connectivity index (χ0v) is 12.7. The molecular weight excluding hydrogens is 313 g/mol. The van der Waals surface area contributed by atoms with Gasteiger partial charge in [0.2, 0.25) is 5.91 Å². The number of carbonyl (C=O) groups excluding carboxylic acids is 1. The molecule has 0 saturated carbocycles. The summed E-state index contributed by atoms with van der Waals surface area (Å²) in [5.74, 6) is 0.284. The van der Waals surface area contributed by atoms with Crippen LogP contribution in [0.2, 0.25) is 10.0 Å². The van der Waals surface area contributed by atoms with Gasteiger partial charge >= 0.3 is 0 Å². The van der Waals surface area contributed by atoms with Gasteiger partial charge in [-0.2, -0.15) is 0 Å². The van der Waals surface area contributed by atoms with E-state index in [1.54, 1.807) is 24.3 Å². The molecule has 0 radical (unpaired) electrons. The molecule has 4 nitrogen and oxygen atoms in total. The summed E-state index contributed by atoms with van der Waals surface area (Å²) in [5, 5.41) is 13.4. The van der Waals surface area contributed by atoms with E-state index in [0.717, 1.165) is 5.56 Å². The minimum Gasteiger partial charge on any atom is -0.467 e. The number of aryl methyl sites for hydroxylation is 1. The van der Waals surface area contributed by atoms with Gasteiger partial charge in [0.25, 0.3) is 0 Å². The molecule has 1 unspecified atom stereocenters. The molecule has 2 aromatic rings. The predicted molar refractivity (Wildman–Crippen MR) is 81.5 cm³/mol. The van der Waals surface area contributed by atoms with Gasteiger partial charge < -0.3 is 14.8 Å². The second-order valence-corrected chi connectivity index (χ2v) is 5.40. The molecule has 112 valence electrons. The highest BCUT2D eigenvalue weighted by atomic mass is 35.5. The number of furan rings is 1. The van der Waals surface area contributed by atoms with Gasteiger partial charge in [0.05, 0.1) is 22.9 Å². The van der Waals surface area contributed by atoms with Crippen LogP contribution in [0.3, 0.4) is 0 Å². The Morgan fingerprint density at radius 1 is 1.29 bits per heavy atom. The Balaban J connectivity index is 1.75. The molecule has 0 spiro atoms. The number of benzene rings is 1. The third-order valence-electron chi connectivity index (χ3n) is 2.99. The van der Waals surface area contributed by atoms with E-state index in [1.807, 2.05) is 6.07 Å². The van der Waals surface area contributed by atoms with Crippen LogP contribution in [0.1, 0.15) is 23.8 Å². The summed E-state index contributed by atoms with van der Waals surface area (Å²) in [6, 6.07) is 8.63. The van der Waals surface area contributed by atoms with Crippen LogP contribution in [0, 0.1) is 0 Å². The maximum atomic E-state index is 11.7. The van der Waals surface area contributed by atoms with Gasteiger partial charge in [-0.3, -0.25) is 4.79 Å². The number of aliphatic hydroxyl groups excluding tert-OH is 1. The molecule has 1 heterocycles. The Morgan fingerprint density at radius 2 is 2.10 bits per heavy atom. The van der Waals surface area contributed by atoms with Crippen molar-refractivity contribution >= 4 is 29.1 Å². The highest BCUT2D eigenvalue weighted by Gasteiger charge is 2.12. The first kappa shape index (κ1) is 15.9. The number of nitrogens with one attached hydrogen (secondary N) is 1. The molecule has 0 fully saturated rings. The predicted octanol–water partition coefficient (Wildman–Crippen LogP) is 3.37. The number of amides is 1. The zero-order chi connectivity index (χ0) is 15.2. The molecule has 21 heavy (non-hydrogen) atoms. The fourth-order valence-electron chi connectivity index (χ4n) is 1.83. The summed E-state index contributed by atoms with van der Waals surface area (Å²) in [6.45, 7) is 0.119. The maximum absolute atomic E-state index is 11.7. The van der Waals surface area contributed by atoms with Gasteiger partial charge in [0.15, 0.2) is 0 Å². The molecule has 1 atom stereocenters. The van der Waals surface area contributed by atoms with Gasteiger partial charge in [-0.1, -0.05) is 29.3 Å². The number of carbonyl (C=O) groups is 1. The number of hydrogen-bond acceptors (Lipinski definition) is 3. The quantitative estimate of drug-likeness (QED) is 0.855. The molecule has 0 aliphatic heterocycles. The summed E-state index contributed by atoms with van der Waals surface area (Å²) in [6.07, 6.45) is 1.50. The molecule has 6 heteroatoms. The van der Waals surface area contributed by atoms with Gasteiger partial charge in [0, 0.05) is 6.42 Å². The molecule has 0 aliphatic carbocycles. The standard InChI is InChI=1S/C15H15Cl2NO3/c16-11-5-3-10(8-12(11)17)4-6-15(20)18-9-13(19)14-2-1-7-21-14/h1-3,5,7-8,13,19H,4,6,9H2,(H,18,20). The lowest BCUT2D eigenvalue weighted by atomic mass is 10.1. The summed E-state index contributed by atoms with van der Waals surface area (Å²) in [7, 11) is 0.